The molecule has 0 aromatic rings. The maximum Gasteiger partial charge on any atom is 0.216 e. The Bertz CT molecular complexity index is 332. The lowest BCUT2D eigenvalue weighted by molar-refractivity contribution is 0.200. The van der Waals surface area contributed by atoms with Crippen molar-refractivity contribution in [2.75, 3.05) is 33.4 Å². The van der Waals surface area contributed by atoms with Crippen LogP contribution in [0.5, 0.6) is 0 Å². The monoisotopic (exact) mass is 264 g/mol. The Balaban J connectivity index is 2.59. The molecule has 3 atom stereocenters. The Morgan fingerprint density at radius 2 is 2.12 bits per heavy atom. The van der Waals surface area contributed by atoms with Crippen LogP contribution in [0.15, 0.2) is 0 Å². The summed E-state index contributed by atoms with van der Waals surface area (Å²) in [5.74, 6) is 0.361. The van der Waals surface area contributed by atoms with Gasteiger partial charge in [-0.3, -0.25) is 0 Å². The maximum absolute atomic E-state index is 12.0. The van der Waals surface area contributed by atoms with Gasteiger partial charge in [-0.1, -0.05) is 13.8 Å². The number of likely N-dealkylation sites (tertiary alicyclic amines) is 1. The Labute approximate surface area is 105 Å². The van der Waals surface area contributed by atoms with E-state index in [0.717, 1.165) is 19.6 Å². The van der Waals surface area contributed by atoms with Gasteiger partial charge in [-0.05, 0) is 19.4 Å². The molecule has 3 unspecified atom stereocenters. The molecule has 1 fully saturated rings. The van der Waals surface area contributed by atoms with E-state index in [9.17, 15) is 8.42 Å². The van der Waals surface area contributed by atoms with E-state index in [2.05, 4.69) is 23.5 Å². The van der Waals surface area contributed by atoms with Crippen LogP contribution in [-0.4, -0.2) is 58.0 Å². The highest BCUT2D eigenvalue weighted by molar-refractivity contribution is 7.90. The summed E-state index contributed by atoms with van der Waals surface area (Å²) in [6, 6.07) is 0.0271. The average molecular weight is 264 g/mol. The quantitative estimate of drug-likeness (QED) is 0.749. The Hall–Kier alpha value is -0.170. The molecule has 1 N–H and O–H groups in total. The van der Waals surface area contributed by atoms with Crippen molar-refractivity contribution in [3.05, 3.63) is 0 Å². The number of ether oxygens (including phenoxy) is 1. The molecule has 1 heterocycles. The predicted octanol–water partition coefficient (Wildman–Crippen LogP) is 0.281. The van der Waals surface area contributed by atoms with Crippen molar-refractivity contribution in [1.29, 1.82) is 0 Å². The molecule has 6 heteroatoms. The number of nitrogens with zero attached hydrogens (tertiary/aromatic N) is 1. The van der Waals surface area contributed by atoms with Gasteiger partial charge < -0.3 is 9.64 Å². The number of hydrogen-bond donors (Lipinski definition) is 1. The zero-order chi connectivity index (χ0) is 13.1. The van der Waals surface area contributed by atoms with Gasteiger partial charge in [0.2, 0.25) is 10.0 Å². The first-order valence-electron chi connectivity index (χ1n) is 6.13. The molecule has 0 aromatic heterocycles. The molecule has 17 heavy (non-hydrogen) atoms. The van der Waals surface area contributed by atoms with E-state index >= 15 is 0 Å². The molecule has 0 aliphatic carbocycles. The van der Waals surface area contributed by atoms with Crippen LogP contribution >= 0.6 is 0 Å². The molecule has 1 aliphatic heterocycles. The van der Waals surface area contributed by atoms with Gasteiger partial charge >= 0.3 is 0 Å². The van der Waals surface area contributed by atoms with Crippen LogP contribution in [0.4, 0.5) is 0 Å². The molecule has 0 aromatic carbocycles. The molecule has 102 valence electrons. The van der Waals surface area contributed by atoms with Crippen LogP contribution < -0.4 is 4.72 Å². The third-order valence-corrected chi connectivity index (χ3v) is 5.21. The minimum Gasteiger partial charge on any atom is -0.383 e. The van der Waals surface area contributed by atoms with Gasteiger partial charge in [-0.15, -0.1) is 0 Å². The van der Waals surface area contributed by atoms with Gasteiger partial charge in [0.1, 0.15) is 0 Å². The van der Waals surface area contributed by atoms with Crippen molar-refractivity contribution in [1.82, 2.24) is 9.62 Å². The second kappa shape index (κ2) is 6.13. The first-order chi connectivity index (χ1) is 7.90. The van der Waals surface area contributed by atoms with Crippen LogP contribution in [0.25, 0.3) is 0 Å². The van der Waals surface area contributed by atoms with Gasteiger partial charge in [0.25, 0.3) is 0 Å². The number of rotatable bonds is 6. The predicted molar refractivity (Wildman–Crippen MR) is 68.5 cm³/mol. The lowest BCUT2D eigenvalue weighted by Crippen LogP contribution is -2.44. The normalized spacial score (nSPS) is 28.5. The standard InChI is InChI=1S/C11H24N2O3S/c1-5-13-6-9(2)11(7-13)12-17(14,15)10(3)8-16-4/h9-12H,5-8H2,1-4H3. The molecule has 0 amide bonds. The molecular weight excluding hydrogens is 240 g/mol. The summed E-state index contributed by atoms with van der Waals surface area (Å²) in [7, 11) is -1.76. The summed E-state index contributed by atoms with van der Waals surface area (Å²) in [5, 5.41) is -0.504. The molecule has 0 spiro atoms. The summed E-state index contributed by atoms with van der Waals surface area (Å²) < 4.78 is 31.7. The van der Waals surface area contributed by atoms with Crippen LogP contribution in [-0.2, 0) is 14.8 Å². The second-order valence-electron chi connectivity index (χ2n) is 4.86. The fourth-order valence-corrected chi connectivity index (χ4v) is 3.41. The number of likely N-dealkylation sites (N-methyl/N-ethyl adjacent to an activating group) is 1. The van der Waals surface area contributed by atoms with Crippen molar-refractivity contribution < 1.29 is 13.2 Å². The topological polar surface area (TPSA) is 58.6 Å². The van der Waals surface area contributed by atoms with Crippen LogP contribution in [0.1, 0.15) is 20.8 Å². The largest absolute Gasteiger partial charge is 0.383 e. The van der Waals surface area contributed by atoms with Crippen LogP contribution in [0.2, 0.25) is 0 Å². The number of sulfonamides is 1. The van der Waals surface area contributed by atoms with Crippen molar-refractivity contribution in [3.63, 3.8) is 0 Å². The van der Waals surface area contributed by atoms with E-state index in [4.69, 9.17) is 4.74 Å². The second-order valence-corrected chi connectivity index (χ2v) is 7.00. The average Bonchev–Trinajstić information content (AvgIpc) is 2.59. The Morgan fingerprint density at radius 1 is 1.47 bits per heavy atom. The molecular formula is C11H24N2O3S. The van der Waals surface area contributed by atoms with Crippen LogP contribution in [0.3, 0.4) is 0 Å². The summed E-state index contributed by atoms with van der Waals surface area (Å²) in [4.78, 5) is 2.26. The summed E-state index contributed by atoms with van der Waals surface area (Å²) >= 11 is 0. The molecule has 0 radical (unpaired) electrons. The molecule has 1 saturated heterocycles. The third kappa shape index (κ3) is 3.91. The van der Waals surface area contributed by atoms with Crippen molar-refractivity contribution in [2.24, 2.45) is 5.92 Å². The van der Waals surface area contributed by atoms with Crippen molar-refractivity contribution >= 4 is 10.0 Å². The fourth-order valence-electron chi connectivity index (χ4n) is 2.13. The van der Waals surface area contributed by atoms with Crippen LogP contribution in [0, 0.1) is 5.92 Å². The summed E-state index contributed by atoms with van der Waals surface area (Å²) in [6.45, 7) is 8.81. The highest BCUT2D eigenvalue weighted by Gasteiger charge is 2.33. The van der Waals surface area contributed by atoms with E-state index in [0.29, 0.717) is 5.92 Å². The zero-order valence-corrected chi connectivity index (χ0v) is 12.0. The van der Waals surface area contributed by atoms with Gasteiger partial charge in [0.15, 0.2) is 0 Å². The zero-order valence-electron chi connectivity index (χ0n) is 11.1. The van der Waals surface area contributed by atoms with E-state index < -0.39 is 15.3 Å². The number of hydrogen-bond acceptors (Lipinski definition) is 4. The lowest BCUT2D eigenvalue weighted by atomic mass is 10.1. The van der Waals surface area contributed by atoms with Gasteiger partial charge in [-0.2, -0.15) is 0 Å². The van der Waals surface area contributed by atoms with Gasteiger partial charge in [0.05, 0.1) is 11.9 Å². The van der Waals surface area contributed by atoms with E-state index in [1.165, 1.54) is 7.11 Å². The first-order valence-corrected chi connectivity index (χ1v) is 7.67. The minimum atomic E-state index is -3.27. The fraction of sp³-hybridized carbons (Fsp3) is 1.00. The highest BCUT2D eigenvalue weighted by atomic mass is 32.2. The maximum atomic E-state index is 12.0. The summed E-state index contributed by atoms with van der Waals surface area (Å²) in [5.41, 5.74) is 0. The highest BCUT2D eigenvalue weighted by Crippen LogP contribution is 2.17. The van der Waals surface area contributed by atoms with E-state index in [1.807, 2.05) is 0 Å². The lowest BCUT2D eigenvalue weighted by Gasteiger charge is -2.20. The van der Waals surface area contributed by atoms with Crippen molar-refractivity contribution in [2.45, 2.75) is 32.1 Å². The molecule has 0 saturated carbocycles. The molecule has 1 rings (SSSR count). The van der Waals surface area contributed by atoms with Crippen molar-refractivity contribution in [3.8, 4) is 0 Å². The van der Waals surface area contributed by atoms with Gasteiger partial charge in [0, 0.05) is 26.2 Å². The van der Waals surface area contributed by atoms with Gasteiger partial charge in [-0.25, -0.2) is 13.1 Å². The van der Waals surface area contributed by atoms with E-state index in [-0.39, 0.29) is 12.6 Å². The smallest absolute Gasteiger partial charge is 0.216 e. The minimum absolute atomic E-state index is 0.0271. The summed E-state index contributed by atoms with van der Waals surface area (Å²) in [6.07, 6.45) is 0. The molecule has 5 nitrogen and oxygen atoms in total. The SMILES string of the molecule is CCN1CC(C)C(NS(=O)(=O)C(C)COC)C1. The third-order valence-electron chi connectivity index (χ3n) is 3.38. The number of nitrogens with one attached hydrogen (secondary N) is 1. The Kier molecular flexibility index (Phi) is 5.37. The number of methoxy groups -OCH3 is 1. The molecule has 1 aliphatic rings. The van der Waals surface area contributed by atoms with E-state index in [1.54, 1.807) is 6.92 Å². The molecule has 0 bridgehead atoms. The first kappa shape index (κ1) is 14.9. The Morgan fingerprint density at radius 3 is 2.59 bits per heavy atom.